The summed E-state index contributed by atoms with van der Waals surface area (Å²) in [5, 5.41) is 3.14. The molecule has 21 heavy (non-hydrogen) atoms. The van der Waals surface area contributed by atoms with E-state index in [4.69, 9.17) is 14.2 Å². The summed E-state index contributed by atoms with van der Waals surface area (Å²) in [7, 11) is 3.22. The summed E-state index contributed by atoms with van der Waals surface area (Å²) in [4.78, 5) is 8.65. The Labute approximate surface area is 124 Å². The molecule has 0 aliphatic rings. The first-order valence-corrected chi connectivity index (χ1v) is 6.67. The second-order valence-electron chi connectivity index (χ2n) is 4.25. The summed E-state index contributed by atoms with van der Waals surface area (Å²) in [5.74, 6) is 3.11. The number of nitrogens with zero attached hydrogens (tertiary/aromatic N) is 2. The monoisotopic (exact) mass is 289 g/mol. The third-order valence-corrected chi connectivity index (χ3v) is 2.64. The van der Waals surface area contributed by atoms with Crippen LogP contribution in [0.25, 0.3) is 0 Å². The Morgan fingerprint density at radius 3 is 2.62 bits per heavy atom. The lowest BCUT2D eigenvalue weighted by Gasteiger charge is -2.10. The molecule has 0 aliphatic heterocycles. The highest BCUT2D eigenvalue weighted by molar-refractivity contribution is 5.41. The lowest BCUT2D eigenvalue weighted by atomic mass is 10.3. The van der Waals surface area contributed by atoms with Gasteiger partial charge in [-0.3, -0.25) is 0 Å². The van der Waals surface area contributed by atoms with Crippen molar-refractivity contribution in [1.29, 1.82) is 0 Å². The number of nitrogens with one attached hydrogen (secondary N) is 1. The molecule has 0 spiro atoms. The third kappa shape index (κ3) is 4.32. The van der Waals surface area contributed by atoms with Crippen molar-refractivity contribution >= 4 is 5.82 Å². The van der Waals surface area contributed by atoms with Crippen LogP contribution < -0.4 is 14.8 Å². The number of hydrogen-bond acceptors (Lipinski definition) is 6. The van der Waals surface area contributed by atoms with Crippen molar-refractivity contribution in [2.45, 2.75) is 13.5 Å². The average Bonchev–Trinajstić information content (AvgIpc) is 2.48. The molecular formula is C15H19N3O3. The molecule has 0 unspecified atom stereocenters. The molecule has 0 radical (unpaired) electrons. The van der Waals surface area contributed by atoms with Gasteiger partial charge >= 0.3 is 0 Å². The summed E-state index contributed by atoms with van der Waals surface area (Å²) in [6, 6.07) is 9.10. The fourth-order valence-electron chi connectivity index (χ4n) is 1.78. The molecule has 2 aromatic rings. The zero-order valence-electron chi connectivity index (χ0n) is 12.4. The maximum absolute atomic E-state index is 5.77. The fraction of sp³-hybridized carbons (Fsp3) is 0.333. The van der Waals surface area contributed by atoms with Crippen LogP contribution in [-0.2, 0) is 11.3 Å². The van der Waals surface area contributed by atoms with E-state index in [0.29, 0.717) is 29.9 Å². The van der Waals surface area contributed by atoms with Gasteiger partial charge in [0.1, 0.15) is 23.9 Å². The first-order valence-electron chi connectivity index (χ1n) is 6.67. The van der Waals surface area contributed by atoms with Crippen molar-refractivity contribution in [2.75, 3.05) is 26.1 Å². The second kappa shape index (κ2) is 7.44. The molecule has 1 aromatic heterocycles. The molecule has 6 nitrogen and oxygen atoms in total. The molecule has 0 fully saturated rings. The van der Waals surface area contributed by atoms with Crippen LogP contribution >= 0.6 is 0 Å². The van der Waals surface area contributed by atoms with Gasteiger partial charge in [-0.05, 0) is 19.1 Å². The van der Waals surface area contributed by atoms with E-state index in [1.54, 1.807) is 26.4 Å². The Bertz CT molecular complexity index is 566. The lowest BCUT2D eigenvalue weighted by Crippen LogP contribution is -2.05. The molecule has 1 N–H and O–H groups in total. The standard InChI is InChI=1S/C15H19N3O3/c1-4-16-13-9-15(18-14(17-13)10-19-2)21-12-7-5-6-11(8-12)20-3/h5-9H,4,10H2,1-3H3,(H,16,17,18). The van der Waals surface area contributed by atoms with Crippen molar-refractivity contribution < 1.29 is 14.2 Å². The molecule has 6 heteroatoms. The van der Waals surface area contributed by atoms with Crippen LogP contribution in [0.4, 0.5) is 5.82 Å². The van der Waals surface area contributed by atoms with Gasteiger partial charge in [0.15, 0.2) is 5.82 Å². The minimum absolute atomic E-state index is 0.327. The number of rotatable bonds is 7. The summed E-state index contributed by atoms with van der Waals surface area (Å²) >= 11 is 0. The molecule has 0 saturated carbocycles. The molecule has 112 valence electrons. The van der Waals surface area contributed by atoms with Gasteiger partial charge in [-0.25, -0.2) is 4.98 Å². The maximum Gasteiger partial charge on any atom is 0.224 e. The first-order chi connectivity index (χ1) is 10.2. The van der Waals surface area contributed by atoms with Crippen molar-refractivity contribution in [3.63, 3.8) is 0 Å². The van der Waals surface area contributed by atoms with Gasteiger partial charge in [0.05, 0.1) is 7.11 Å². The fourth-order valence-corrected chi connectivity index (χ4v) is 1.78. The van der Waals surface area contributed by atoms with Crippen LogP contribution in [0.3, 0.4) is 0 Å². The van der Waals surface area contributed by atoms with Crippen molar-refractivity contribution in [3.8, 4) is 17.4 Å². The maximum atomic E-state index is 5.77. The quantitative estimate of drug-likeness (QED) is 0.845. The van der Waals surface area contributed by atoms with Crippen LogP contribution in [0.2, 0.25) is 0 Å². The zero-order chi connectivity index (χ0) is 15.1. The van der Waals surface area contributed by atoms with Crippen LogP contribution in [0.1, 0.15) is 12.7 Å². The van der Waals surface area contributed by atoms with Gasteiger partial charge in [0.2, 0.25) is 5.88 Å². The van der Waals surface area contributed by atoms with E-state index in [1.807, 2.05) is 25.1 Å². The highest BCUT2D eigenvalue weighted by Crippen LogP contribution is 2.25. The molecule has 0 bridgehead atoms. The average molecular weight is 289 g/mol. The summed E-state index contributed by atoms with van der Waals surface area (Å²) < 4.78 is 16.0. The minimum atomic E-state index is 0.327. The minimum Gasteiger partial charge on any atom is -0.497 e. The molecule has 1 aromatic carbocycles. The Morgan fingerprint density at radius 1 is 1.10 bits per heavy atom. The number of aromatic nitrogens is 2. The Hall–Kier alpha value is -2.34. The van der Waals surface area contributed by atoms with Crippen molar-refractivity contribution in [3.05, 3.63) is 36.2 Å². The molecule has 0 aliphatic carbocycles. The normalized spacial score (nSPS) is 10.2. The molecule has 0 saturated heterocycles. The van der Waals surface area contributed by atoms with E-state index in [0.717, 1.165) is 12.3 Å². The van der Waals surface area contributed by atoms with E-state index in [9.17, 15) is 0 Å². The van der Waals surface area contributed by atoms with Gasteiger partial charge < -0.3 is 19.5 Å². The highest BCUT2D eigenvalue weighted by Gasteiger charge is 2.07. The number of anilines is 1. The lowest BCUT2D eigenvalue weighted by molar-refractivity contribution is 0.177. The topological polar surface area (TPSA) is 65.5 Å². The van der Waals surface area contributed by atoms with Crippen LogP contribution in [0.15, 0.2) is 30.3 Å². The second-order valence-corrected chi connectivity index (χ2v) is 4.25. The van der Waals surface area contributed by atoms with Crippen molar-refractivity contribution in [2.24, 2.45) is 0 Å². The summed E-state index contributed by atoms with van der Waals surface area (Å²) in [6.07, 6.45) is 0. The van der Waals surface area contributed by atoms with Crippen LogP contribution in [0.5, 0.6) is 17.4 Å². The summed E-state index contributed by atoms with van der Waals surface area (Å²) in [5.41, 5.74) is 0. The predicted octanol–water partition coefficient (Wildman–Crippen LogP) is 2.86. The Morgan fingerprint density at radius 2 is 1.90 bits per heavy atom. The van der Waals surface area contributed by atoms with Gasteiger partial charge in [-0.1, -0.05) is 6.07 Å². The van der Waals surface area contributed by atoms with E-state index < -0.39 is 0 Å². The SMILES string of the molecule is CCNc1cc(Oc2cccc(OC)c2)nc(COC)n1. The van der Waals surface area contributed by atoms with E-state index in [-0.39, 0.29) is 0 Å². The molecule has 0 amide bonds. The van der Waals surface area contributed by atoms with E-state index in [2.05, 4.69) is 15.3 Å². The molecule has 1 heterocycles. The van der Waals surface area contributed by atoms with E-state index in [1.165, 1.54) is 0 Å². The van der Waals surface area contributed by atoms with Crippen molar-refractivity contribution in [1.82, 2.24) is 9.97 Å². The van der Waals surface area contributed by atoms with Crippen LogP contribution in [0, 0.1) is 0 Å². The van der Waals surface area contributed by atoms with Gasteiger partial charge in [-0.2, -0.15) is 4.98 Å². The number of benzene rings is 1. The largest absolute Gasteiger partial charge is 0.497 e. The first kappa shape index (κ1) is 15.1. The molecular weight excluding hydrogens is 270 g/mol. The number of hydrogen-bond donors (Lipinski definition) is 1. The van der Waals surface area contributed by atoms with Gasteiger partial charge in [-0.15, -0.1) is 0 Å². The highest BCUT2D eigenvalue weighted by atomic mass is 16.5. The van der Waals surface area contributed by atoms with Gasteiger partial charge in [0, 0.05) is 25.8 Å². The summed E-state index contributed by atoms with van der Waals surface area (Å²) in [6.45, 7) is 3.09. The van der Waals surface area contributed by atoms with E-state index >= 15 is 0 Å². The number of methoxy groups -OCH3 is 2. The van der Waals surface area contributed by atoms with Crippen LogP contribution in [-0.4, -0.2) is 30.7 Å². The molecule has 2 rings (SSSR count). The predicted molar refractivity (Wildman–Crippen MR) is 80.0 cm³/mol. The Kier molecular flexibility index (Phi) is 5.34. The third-order valence-electron chi connectivity index (χ3n) is 2.64. The number of ether oxygens (including phenoxy) is 3. The molecule has 0 atom stereocenters. The van der Waals surface area contributed by atoms with Gasteiger partial charge in [0.25, 0.3) is 0 Å². The zero-order valence-corrected chi connectivity index (χ0v) is 12.4. The smallest absolute Gasteiger partial charge is 0.224 e. The Balaban J connectivity index is 2.24.